The second-order valence-electron chi connectivity index (χ2n) is 6.80. The Labute approximate surface area is 158 Å². The first-order chi connectivity index (χ1) is 12.6. The Morgan fingerprint density at radius 1 is 1.23 bits per heavy atom. The molecule has 0 radical (unpaired) electrons. The van der Waals surface area contributed by atoms with Crippen LogP contribution in [0, 0.1) is 0 Å². The number of ether oxygens (including phenoxy) is 1. The zero-order chi connectivity index (χ0) is 18.1. The minimum atomic E-state index is -0.438. The highest BCUT2D eigenvalue weighted by Crippen LogP contribution is 2.31. The topological polar surface area (TPSA) is 41.6 Å². The molecule has 2 heterocycles. The first-order valence-electron chi connectivity index (χ1n) is 8.86. The maximum Gasteiger partial charge on any atom is 0.265 e. The standard InChI is InChI=1S/C21H21ClN2O2/c1-14-21(25)23-19-12-15(2-7-20(19)26-14)13-24-10-8-17(9-11-24)16-3-5-18(22)6-4-16/h2-8,12,14H,9-11,13H2,1H3,(H,23,25)/t14-/m1/s1. The predicted octanol–water partition coefficient (Wildman–Crippen LogP) is 4.35. The summed E-state index contributed by atoms with van der Waals surface area (Å²) in [6.45, 7) is 4.52. The molecular weight excluding hydrogens is 348 g/mol. The van der Waals surface area contributed by atoms with Gasteiger partial charge in [0.15, 0.2) is 6.10 Å². The molecule has 1 atom stereocenters. The largest absolute Gasteiger partial charge is 0.479 e. The number of benzene rings is 2. The van der Waals surface area contributed by atoms with Crippen molar-refractivity contribution in [2.24, 2.45) is 0 Å². The molecule has 0 spiro atoms. The first-order valence-corrected chi connectivity index (χ1v) is 9.24. The second kappa shape index (κ2) is 7.14. The number of rotatable bonds is 3. The third kappa shape index (κ3) is 3.62. The van der Waals surface area contributed by atoms with Gasteiger partial charge in [-0.05, 0) is 54.3 Å². The molecular formula is C21H21ClN2O2. The summed E-state index contributed by atoms with van der Waals surface area (Å²) < 4.78 is 5.62. The number of halogens is 1. The molecule has 0 aliphatic carbocycles. The van der Waals surface area contributed by atoms with Gasteiger partial charge < -0.3 is 10.1 Å². The van der Waals surface area contributed by atoms with Crippen molar-refractivity contribution >= 4 is 28.8 Å². The number of hydrogen-bond donors (Lipinski definition) is 1. The molecule has 4 rings (SSSR count). The van der Waals surface area contributed by atoms with Crippen molar-refractivity contribution in [3.8, 4) is 5.75 Å². The Hall–Kier alpha value is -2.30. The van der Waals surface area contributed by atoms with Crippen molar-refractivity contribution in [1.82, 2.24) is 4.90 Å². The third-order valence-electron chi connectivity index (χ3n) is 4.89. The van der Waals surface area contributed by atoms with E-state index in [2.05, 4.69) is 34.5 Å². The van der Waals surface area contributed by atoms with Gasteiger partial charge in [0.25, 0.3) is 5.91 Å². The molecule has 0 bridgehead atoms. The summed E-state index contributed by atoms with van der Waals surface area (Å²) in [7, 11) is 0. The minimum Gasteiger partial charge on any atom is -0.479 e. The summed E-state index contributed by atoms with van der Waals surface area (Å²) in [5, 5.41) is 3.68. The van der Waals surface area contributed by atoms with Crippen LogP contribution in [0.4, 0.5) is 5.69 Å². The number of hydrogen-bond acceptors (Lipinski definition) is 3. The fraction of sp³-hybridized carbons (Fsp3) is 0.286. The number of carbonyl (C=O) groups excluding carboxylic acids is 1. The maximum absolute atomic E-state index is 11.8. The quantitative estimate of drug-likeness (QED) is 0.875. The summed E-state index contributed by atoms with van der Waals surface area (Å²) in [6, 6.07) is 14.1. The molecule has 0 aromatic heterocycles. The van der Waals surface area contributed by atoms with Crippen LogP contribution in [0.3, 0.4) is 0 Å². The number of carbonyl (C=O) groups is 1. The van der Waals surface area contributed by atoms with E-state index in [0.717, 1.165) is 42.5 Å². The Bertz CT molecular complexity index is 861. The summed E-state index contributed by atoms with van der Waals surface area (Å²) in [6.07, 6.45) is 2.87. The molecule has 1 amide bonds. The minimum absolute atomic E-state index is 0.0943. The molecule has 2 aliphatic rings. The average molecular weight is 369 g/mol. The van der Waals surface area contributed by atoms with Crippen LogP contribution >= 0.6 is 11.6 Å². The fourth-order valence-corrected chi connectivity index (χ4v) is 3.52. The Kier molecular flexibility index (Phi) is 4.70. The van der Waals surface area contributed by atoms with Crippen LogP contribution in [0.2, 0.25) is 5.02 Å². The SMILES string of the molecule is C[C@H]1Oc2ccc(CN3CC=C(c4ccc(Cl)cc4)CC3)cc2NC1=O. The van der Waals surface area contributed by atoms with Crippen molar-refractivity contribution in [3.05, 3.63) is 64.7 Å². The maximum atomic E-state index is 11.8. The average Bonchev–Trinajstić information content (AvgIpc) is 2.64. The molecule has 0 fully saturated rings. The summed E-state index contributed by atoms with van der Waals surface area (Å²) in [4.78, 5) is 14.2. The van der Waals surface area contributed by atoms with Crippen LogP contribution in [0.15, 0.2) is 48.5 Å². The van der Waals surface area contributed by atoms with E-state index in [-0.39, 0.29) is 5.91 Å². The van der Waals surface area contributed by atoms with Gasteiger partial charge in [0, 0.05) is 24.7 Å². The lowest BCUT2D eigenvalue weighted by atomic mass is 9.99. The number of fused-ring (bicyclic) bond motifs is 1. The van der Waals surface area contributed by atoms with Gasteiger partial charge in [-0.25, -0.2) is 0 Å². The van der Waals surface area contributed by atoms with Gasteiger partial charge in [0.2, 0.25) is 0 Å². The third-order valence-corrected chi connectivity index (χ3v) is 5.14. The van der Waals surface area contributed by atoms with Crippen LogP contribution in [-0.4, -0.2) is 30.0 Å². The Balaban J connectivity index is 1.42. The van der Waals surface area contributed by atoms with Gasteiger partial charge in [-0.15, -0.1) is 0 Å². The number of anilines is 1. The molecule has 4 nitrogen and oxygen atoms in total. The van der Waals surface area contributed by atoms with Crippen LogP contribution in [0.1, 0.15) is 24.5 Å². The van der Waals surface area contributed by atoms with E-state index in [1.165, 1.54) is 16.7 Å². The van der Waals surface area contributed by atoms with Crippen LogP contribution in [0.25, 0.3) is 5.57 Å². The lowest BCUT2D eigenvalue weighted by molar-refractivity contribution is -0.122. The number of amides is 1. The molecule has 26 heavy (non-hydrogen) atoms. The van der Waals surface area contributed by atoms with Gasteiger partial charge in [0.05, 0.1) is 5.69 Å². The van der Waals surface area contributed by atoms with E-state index in [9.17, 15) is 4.79 Å². The molecule has 0 unspecified atom stereocenters. The highest BCUT2D eigenvalue weighted by molar-refractivity contribution is 6.30. The smallest absolute Gasteiger partial charge is 0.265 e. The van der Waals surface area contributed by atoms with Crippen molar-refractivity contribution in [2.75, 3.05) is 18.4 Å². The zero-order valence-electron chi connectivity index (χ0n) is 14.7. The van der Waals surface area contributed by atoms with Crippen molar-refractivity contribution < 1.29 is 9.53 Å². The summed E-state index contributed by atoms with van der Waals surface area (Å²) in [5.74, 6) is 0.646. The predicted molar refractivity (Wildman–Crippen MR) is 104 cm³/mol. The van der Waals surface area contributed by atoms with Crippen molar-refractivity contribution in [3.63, 3.8) is 0 Å². The molecule has 134 valence electrons. The van der Waals surface area contributed by atoms with E-state index in [4.69, 9.17) is 16.3 Å². The van der Waals surface area contributed by atoms with E-state index in [0.29, 0.717) is 0 Å². The lowest BCUT2D eigenvalue weighted by Gasteiger charge is -2.28. The molecule has 2 aromatic rings. The van der Waals surface area contributed by atoms with E-state index >= 15 is 0 Å². The lowest BCUT2D eigenvalue weighted by Crippen LogP contribution is -2.34. The van der Waals surface area contributed by atoms with Gasteiger partial charge in [-0.1, -0.05) is 35.9 Å². The van der Waals surface area contributed by atoms with Gasteiger partial charge in [-0.3, -0.25) is 9.69 Å². The second-order valence-corrected chi connectivity index (χ2v) is 7.24. The number of nitrogens with zero attached hydrogens (tertiary/aromatic N) is 1. The zero-order valence-corrected chi connectivity index (χ0v) is 15.4. The monoisotopic (exact) mass is 368 g/mol. The Morgan fingerprint density at radius 3 is 2.77 bits per heavy atom. The van der Waals surface area contributed by atoms with E-state index < -0.39 is 6.10 Å². The van der Waals surface area contributed by atoms with E-state index in [1.807, 2.05) is 24.3 Å². The molecule has 0 saturated heterocycles. The van der Waals surface area contributed by atoms with Crippen molar-refractivity contribution in [2.45, 2.75) is 26.0 Å². The van der Waals surface area contributed by atoms with Crippen LogP contribution in [0.5, 0.6) is 5.75 Å². The first kappa shape index (κ1) is 17.1. The molecule has 5 heteroatoms. The molecule has 2 aliphatic heterocycles. The summed E-state index contributed by atoms with van der Waals surface area (Å²) >= 11 is 5.97. The van der Waals surface area contributed by atoms with Gasteiger partial charge in [-0.2, -0.15) is 0 Å². The molecule has 2 aromatic carbocycles. The summed E-state index contributed by atoms with van der Waals surface area (Å²) in [5.41, 5.74) is 4.56. The van der Waals surface area contributed by atoms with Crippen LogP contribution in [-0.2, 0) is 11.3 Å². The van der Waals surface area contributed by atoms with Gasteiger partial charge in [0.1, 0.15) is 5.75 Å². The Morgan fingerprint density at radius 2 is 2.04 bits per heavy atom. The van der Waals surface area contributed by atoms with Crippen molar-refractivity contribution in [1.29, 1.82) is 0 Å². The van der Waals surface area contributed by atoms with Gasteiger partial charge >= 0.3 is 0 Å². The highest BCUT2D eigenvalue weighted by Gasteiger charge is 2.23. The normalized spacial score (nSPS) is 20.0. The molecule has 1 N–H and O–H groups in total. The fourth-order valence-electron chi connectivity index (χ4n) is 3.39. The number of nitrogens with one attached hydrogen (secondary N) is 1. The molecule has 0 saturated carbocycles. The van der Waals surface area contributed by atoms with Crippen LogP contribution < -0.4 is 10.1 Å². The highest BCUT2D eigenvalue weighted by atomic mass is 35.5. The van der Waals surface area contributed by atoms with E-state index in [1.54, 1.807) is 6.92 Å².